The fraction of sp³-hybridized carbons (Fsp3) is 0.750. The molecule has 1 aromatic heterocycles. The molecule has 0 aromatic carbocycles. The van der Waals surface area contributed by atoms with Crippen molar-refractivity contribution in [3.05, 3.63) is 17.8 Å². The van der Waals surface area contributed by atoms with E-state index >= 15 is 0 Å². The average Bonchev–Trinajstić information content (AvgIpc) is 2.68. The Labute approximate surface area is 91.1 Å². The van der Waals surface area contributed by atoms with Crippen LogP contribution in [0.3, 0.4) is 0 Å². The van der Waals surface area contributed by atoms with Gasteiger partial charge in [-0.25, -0.2) is 4.98 Å². The van der Waals surface area contributed by atoms with E-state index in [0.29, 0.717) is 5.89 Å². The molecule has 0 radical (unpaired) electrons. The highest BCUT2D eigenvalue weighted by Gasteiger charge is 2.16. The lowest BCUT2D eigenvalue weighted by Gasteiger charge is -2.19. The summed E-state index contributed by atoms with van der Waals surface area (Å²) in [6, 6.07) is -0.0925. The van der Waals surface area contributed by atoms with Gasteiger partial charge in [0, 0.05) is 6.42 Å². The van der Waals surface area contributed by atoms with Crippen LogP contribution in [0.5, 0.6) is 0 Å². The normalized spacial score (nSPS) is 20.4. The predicted octanol–water partition coefficient (Wildman–Crippen LogP) is 2.82. The lowest BCUT2D eigenvalue weighted by Crippen LogP contribution is -2.08. The maximum absolute atomic E-state index is 5.70. The van der Waals surface area contributed by atoms with Crippen LogP contribution in [0.4, 0.5) is 0 Å². The van der Waals surface area contributed by atoms with Crippen molar-refractivity contribution >= 4 is 0 Å². The van der Waals surface area contributed by atoms with E-state index in [9.17, 15) is 0 Å². The molecule has 1 unspecified atom stereocenters. The predicted molar refractivity (Wildman–Crippen MR) is 59.4 cm³/mol. The van der Waals surface area contributed by atoms with Crippen LogP contribution >= 0.6 is 0 Å². The molecule has 84 valence electrons. The first kappa shape index (κ1) is 10.7. The van der Waals surface area contributed by atoms with Gasteiger partial charge < -0.3 is 10.2 Å². The molecule has 2 rings (SSSR count). The molecule has 3 heteroatoms. The van der Waals surface area contributed by atoms with Gasteiger partial charge in [-0.2, -0.15) is 0 Å². The SMILES string of the molecule is CC(N)c1ncc(CC2CCCCC2)o1. The molecular weight excluding hydrogens is 188 g/mol. The Bertz CT molecular complexity index is 300. The van der Waals surface area contributed by atoms with E-state index in [2.05, 4.69) is 4.98 Å². The van der Waals surface area contributed by atoms with E-state index in [1.54, 1.807) is 0 Å². The summed E-state index contributed by atoms with van der Waals surface area (Å²) in [5.41, 5.74) is 5.70. The van der Waals surface area contributed by atoms with Gasteiger partial charge in [-0.15, -0.1) is 0 Å². The van der Waals surface area contributed by atoms with Gasteiger partial charge in [0.2, 0.25) is 5.89 Å². The van der Waals surface area contributed by atoms with Crippen molar-refractivity contribution in [2.45, 2.75) is 51.5 Å². The first-order valence-electron chi connectivity index (χ1n) is 5.96. The molecule has 15 heavy (non-hydrogen) atoms. The lowest BCUT2D eigenvalue weighted by molar-refractivity contribution is 0.326. The molecule has 0 amide bonds. The maximum atomic E-state index is 5.70. The number of oxazole rings is 1. The monoisotopic (exact) mass is 208 g/mol. The third-order valence-electron chi connectivity index (χ3n) is 3.18. The maximum Gasteiger partial charge on any atom is 0.210 e. The van der Waals surface area contributed by atoms with E-state index in [1.807, 2.05) is 13.1 Å². The largest absolute Gasteiger partial charge is 0.444 e. The third kappa shape index (κ3) is 2.81. The number of rotatable bonds is 3. The molecule has 1 aliphatic rings. The Morgan fingerprint density at radius 1 is 1.47 bits per heavy atom. The number of nitrogens with two attached hydrogens (primary N) is 1. The van der Waals surface area contributed by atoms with Crippen LogP contribution in [-0.4, -0.2) is 4.98 Å². The summed E-state index contributed by atoms with van der Waals surface area (Å²) in [6.07, 6.45) is 9.71. The highest BCUT2D eigenvalue weighted by atomic mass is 16.4. The van der Waals surface area contributed by atoms with E-state index < -0.39 is 0 Å². The van der Waals surface area contributed by atoms with Crippen LogP contribution in [0.2, 0.25) is 0 Å². The van der Waals surface area contributed by atoms with Crippen LogP contribution in [0.25, 0.3) is 0 Å². The Hall–Kier alpha value is -0.830. The summed E-state index contributed by atoms with van der Waals surface area (Å²) < 4.78 is 5.61. The quantitative estimate of drug-likeness (QED) is 0.831. The van der Waals surface area contributed by atoms with Crippen LogP contribution in [0.1, 0.15) is 56.7 Å². The van der Waals surface area contributed by atoms with Gasteiger partial charge in [-0.3, -0.25) is 0 Å². The number of hydrogen-bond acceptors (Lipinski definition) is 3. The Morgan fingerprint density at radius 2 is 2.20 bits per heavy atom. The molecule has 0 saturated heterocycles. The van der Waals surface area contributed by atoms with Crippen molar-refractivity contribution in [1.82, 2.24) is 4.98 Å². The van der Waals surface area contributed by atoms with Crippen molar-refractivity contribution < 1.29 is 4.42 Å². The van der Waals surface area contributed by atoms with Gasteiger partial charge in [-0.1, -0.05) is 32.1 Å². The molecule has 0 bridgehead atoms. The zero-order chi connectivity index (χ0) is 10.7. The van der Waals surface area contributed by atoms with Crippen molar-refractivity contribution in [2.75, 3.05) is 0 Å². The van der Waals surface area contributed by atoms with Crippen molar-refractivity contribution in [2.24, 2.45) is 11.7 Å². The molecule has 2 N–H and O–H groups in total. The van der Waals surface area contributed by atoms with Crippen LogP contribution in [-0.2, 0) is 6.42 Å². The zero-order valence-electron chi connectivity index (χ0n) is 9.41. The number of aromatic nitrogens is 1. The second-order valence-corrected chi connectivity index (χ2v) is 4.66. The zero-order valence-corrected chi connectivity index (χ0v) is 9.41. The highest BCUT2D eigenvalue weighted by Crippen LogP contribution is 2.27. The summed E-state index contributed by atoms with van der Waals surface area (Å²) >= 11 is 0. The van der Waals surface area contributed by atoms with Crippen molar-refractivity contribution in [3.63, 3.8) is 0 Å². The first-order valence-corrected chi connectivity index (χ1v) is 5.96. The molecule has 0 aliphatic heterocycles. The molecule has 1 saturated carbocycles. The van der Waals surface area contributed by atoms with Gasteiger partial charge in [-0.05, 0) is 12.8 Å². The standard InChI is InChI=1S/C12H20N2O/c1-9(13)12-14-8-11(15-12)7-10-5-3-2-4-6-10/h8-10H,2-7,13H2,1H3. The Kier molecular flexibility index (Phi) is 3.41. The highest BCUT2D eigenvalue weighted by molar-refractivity contribution is 4.98. The molecule has 1 aliphatic carbocycles. The molecule has 1 aromatic rings. The fourth-order valence-corrected chi connectivity index (χ4v) is 2.30. The van der Waals surface area contributed by atoms with E-state index in [4.69, 9.17) is 10.2 Å². The van der Waals surface area contributed by atoms with E-state index in [1.165, 1.54) is 32.1 Å². The first-order chi connectivity index (χ1) is 7.25. The average molecular weight is 208 g/mol. The molecule has 1 heterocycles. The summed E-state index contributed by atoms with van der Waals surface area (Å²) in [4.78, 5) is 4.19. The topological polar surface area (TPSA) is 52.0 Å². The Balaban J connectivity index is 1.91. The molecule has 1 fully saturated rings. The Morgan fingerprint density at radius 3 is 2.80 bits per heavy atom. The van der Waals surface area contributed by atoms with E-state index in [0.717, 1.165) is 18.1 Å². The van der Waals surface area contributed by atoms with Gasteiger partial charge in [0.15, 0.2) is 0 Å². The van der Waals surface area contributed by atoms with Crippen LogP contribution < -0.4 is 5.73 Å². The minimum absolute atomic E-state index is 0.0925. The fourth-order valence-electron chi connectivity index (χ4n) is 2.30. The smallest absolute Gasteiger partial charge is 0.210 e. The molecular formula is C12H20N2O. The van der Waals surface area contributed by atoms with Crippen LogP contribution in [0.15, 0.2) is 10.6 Å². The van der Waals surface area contributed by atoms with Gasteiger partial charge in [0.25, 0.3) is 0 Å². The summed E-state index contributed by atoms with van der Waals surface area (Å²) in [5.74, 6) is 2.47. The second kappa shape index (κ2) is 4.79. The third-order valence-corrected chi connectivity index (χ3v) is 3.18. The minimum Gasteiger partial charge on any atom is -0.444 e. The van der Waals surface area contributed by atoms with Crippen molar-refractivity contribution in [3.8, 4) is 0 Å². The number of nitrogens with zero attached hydrogens (tertiary/aromatic N) is 1. The van der Waals surface area contributed by atoms with Crippen molar-refractivity contribution in [1.29, 1.82) is 0 Å². The minimum atomic E-state index is -0.0925. The number of hydrogen-bond donors (Lipinski definition) is 1. The van der Waals surface area contributed by atoms with Gasteiger partial charge >= 0.3 is 0 Å². The van der Waals surface area contributed by atoms with E-state index in [-0.39, 0.29) is 6.04 Å². The lowest BCUT2D eigenvalue weighted by atomic mass is 9.86. The van der Waals surface area contributed by atoms with Gasteiger partial charge in [0.05, 0.1) is 12.2 Å². The molecule has 1 atom stereocenters. The summed E-state index contributed by atoms with van der Waals surface area (Å²) in [7, 11) is 0. The summed E-state index contributed by atoms with van der Waals surface area (Å²) in [6.45, 7) is 1.90. The van der Waals surface area contributed by atoms with Crippen LogP contribution in [0, 0.1) is 5.92 Å². The molecule has 3 nitrogen and oxygen atoms in total. The second-order valence-electron chi connectivity index (χ2n) is 4.66. The van der Waals surface area contributed by atoms with Gasteiger partial charge in [0.1, 0.15) is 5.76 Å². The molecule has 0 spiro atoms. The summed E-state index contributed by atoms with van der Waals surface area (Å²) in [5, 5.41) is 0.